The molecule has 1 N–H and O–H groups in total. The van der Waals surface area contributed by atoms with Crippen LogP contribution in [0.3, 0.4) is 0 Å². The molecular formula is C18H20FN3O3S. The van der Waals surface area contributed by atoms with E-state index in [1.165, 1.54) is 17.0 Å². The molecule has 138 valence electrons. The number of nitrogens with zero attached hydrogens (tertiary/aromatic N) is 2. The maximum atomic E-state index is 13.5. The number of hydrogen-bond donors (Lipinski definition) is 1. The lowest BCUT2D eigenvalue weighted by Crippen LogP contribution is -2.41. The maximum Gasteiger partial charge on any atom is 0.292 e. The van der Waals surface area contributed by atoms with Crippen LogP contribution in [0.15, 0.2) is 35.7 Å². The second kappa shape index (κ2) is 8.27. The number of anilines is 1. The Morgan fingerprint density at radius 2 is 2.12 bits per heavy atom. The van der Waals surface area contributed by atoms with Crippen LogP contribution in [0.1, 0.15) is 17.7 Å². The zero-order valence-corrected chi connectivity index (χ0v) is 15.0. The highest BCUT2D eigenvalue weighted by molar-refractivity contribution is 7.09. The van der Waals surface area contributed by atoms with Gasteiger partial charge in [-0.15, -0.1) is 11.3 Å². The molecule has 8 heteroatoms. The molecule has 2 heterocycles. The molecule has 0 bridgehead atoms. The molecule has 0 aliphatic carbocycles. The predicted octanol–water partition coefficient (Wildman–Crippen LogP) is 3.37. The summed E-state index contributed by atoms with van der Waals surface area (Å²) in [4.78, 5) is 26.0. The maximum absolute atomic E-state index is 13.5. The average Bonchev–Trinajstić information content (AvgIpc) is 3.15. The van der Waals surface area contributed by atoms with Crippen LogP contribution >= 0.6 is 11.3 Å². The van der Waals surface area contributed by atoms with Gasteiger partial charge in [0.1, 0.15) is 11.5 Å². The van der Waals surface area contributed by atoms with Crippen molar-refractivity contribution in [3.8, 4) is 0 Å². The molecule has 0 spiro atoms. The molecule has 2 aromatic rings. The smallest absolute Gasteiger partial charge is 0.292 e. The van der Waals surface area contributed by atoms with Gasteiger partial charge in [-0.2, -0.15) is 0 Å². The molecule has 1 aliphatic rings. The molecule has 0 radical (unpaired) electrons. The van der Waals surface area contributed by atoms with Crippen LogP contribution in [0.5, 0.6) is 0 Å². The van der Waals surface area contributed by atoms with Crippen molar-refractivity contribution in [1.29, 1.82) is 0 Å². The summed E-state index contributed by atoms with van der Waals surface area (Å²) in [5.74, 6) is -0.587. The molecule has 0 saturated carbocycles. The third-order valence-corrected chi connectivity index (χ3v) is 5.53. The van der Waals surface area contributed by atoms with Gasteiger partial charge in [-0.25, -0.2) is 4.39 Å². The monoisotopic (exact) mass is 377 g/mol. The van der Waals surface area contributed by atoms with Gasteiger partial charge >= 0.3 is 0 Å². The first-order chi connectivity index (χ1) is 12.5. The number of carbonyl (C=O) groups excluding carboxylic acids is 1. The second-order valence-electron chi connectivity index (χ2n) is 6.27. The van der Waals surface area contributed by atoms with Gasteiger partial charge in [0.15, 0.2) is 0 Å². The van der Waals surface area contributed by atoms with E-state index < -0.39 is 10.7 Å². The Morgan fingerprint density at radius 1 is 1.35 bits per heavy atom. The van der Waals surface area contributed by atoms with Gasteiger partial charge in [0, 0.05) is 42.6 Å². The van der Waals surface area contributed by atoms with E-state index in [1.807, 2.05) is 17.5 Å². The van der Waals surface area contributed by atoms with Gasteiger partial charge in [0.05, 0.1) is 4.92 Å². The summed E-state index contributed by atoms with van der Waals surface area (Å²) in [7, 11) is 0. The summed E-state index contributed by atoms with van der Waals surface area (Å²) in [6.07, 6.45) is 2.01. The van der Waals surface area contributed by atoms with E-state index >= 15 is 0 Å². The molecular weight excluding hydrogens is 357 g/mol. The van der Waals surface area contributed by atoms with Crippen molar-refractivity contribution in [2.45, 2.75) is 19.3 Å². The Kier molecular flexibility index (Phi) is 5.82. The number of piperidine rings is 1. The Bertz CT molecular complexity index is 774. The Labute approximate surface area is 154 Å². The van der Waals surface area contributed by atoms with Crippen molar-refractivity contribution in [3.63, 3.8) is 0 Å². The summed E-state index contributed by atoms with van der Waals surface area (Å²) in [5.41, 5.74) is 0.178. The highest BCUT2D eigenvalue weighted by atomic mass is 32.1. The first kappa shape index (κ1) is 18.3. The minimum atomic E-state index is -0.502. The molecule has 1 fully saturated rings. The summed E-state index contributed by atoms with van der Waals surface area (Å²) < 4.78 is 13.5. The van der Waals surface area contributed by atoms with Crippen LogP contribution in [0.4, 0.5) is 15.8 Å². The number of hydrogen-bond acceptors (Lipinski definition) is 5. The number of thiophene rings is 1. The molecule has 6 nitrogen and oxygen atoms in total. The van der Waals surface area contributed by atoms with Crippen LogP contribution in [-0.4, -0.2) is 30.5 Å². The van der Waals surface area contributed by atoms with E-state index in [1.54, 1.807) is 16.2 Å². The lowest BCUT2D eigenvalue weighted by molar-refractivity contribution is -0.384. The van der Waals surface area contributed by atoms with Gasteiger partial charge in [0.25, 0.3) is 5.69 Å². The van der Waals surface area contributed by atoms with Gasteiger partial charge in [-0.1, -0.05) is 6.07 Å². The van der Waals surface area contributed by atoms with Crippen molar-refractivity contribution in [1.82, 2.24) is 5.32 Å². The number of nitro benzene ring substituents is 1. The van der Waals surface area contributed by atoms with Gasteiger partial charge in [0.2, 0.25) is 5.91 Å². The number of nitrogens with one attached hydrogen (secondary N) is 1. The third-order valence-electron chi connectivity index (χ3n) is 4.59. The van der Waals surface area contributed by atoms with E-state index in [2.05, 4.69) is 5.32 Å². The van der Waals surface area contributed by atoms with Crippen LogP contribution in [0.2, 0.25) is 0 Å². The van der Waals surface area contributed by atoms with Crippen molar-refractivity contribution >= 4 is 28.6 Å². The zero-order valence-electron chi connectivity index (χ0n) is 14.2. The largest absolute Gasteiger partial charge is 0.366 e. The summed E-state index contributed by atoms with van der Waals surface area (Å²) >= 11 is 1.67. The van der Waals surface area contributed by atoms with Crippen molar-refractivity contribution in [3.05, 3.63) is 56.5 Å². The Morgan fingerprint density at radius 3 is 2.77 bits per heavy atom. The van der Waals surface area contributed by atoms with E-state index in [-0.39, 0.29) is 23.2 Å². The average molecular weight is 377 g/mol. The molecule has 1 aliphatic heterocycles. The molecule has 1 saturated heterocycles. The van der Waals surface area contributed by atoms with E-state index in [0.717, 1.165) is 12.5 Å². The highest BCUT2D eigenvalue weighted by Crippen LogP contribution is 2.32. The van der Waals surface area contributed by atoms with Gasteiger partial charge in [-0.05, 0) is 36.8 Å². The van der Waals surface area contributed by atoms with Crippen molar-refractivity contribution in [2.75, 3.05) is 24.5 Å². The van der Waals surface area contributed by atoms with Gasteiger partial charge in [-0.3, -0.25) is 14.9 Å². The van der Waals surface area contributed by atoms with Crippen LogP contribution in [0, 0.1) is 21.8 Å². The van der Waals surface area contributed by atoms with Gasteiger partial charge < -0.3 is 10.2 Å². The SMILES string of the molecule is O=C(NCCc1cccs1)C1CCN(c2cc(F)ccc2[N+](=O)[O-])CC1. The minimum Gasteiger partial charge on any atom is -0.366 e. The summed E-state index contributed by atoms with van der Waals surface area (Å²) in [6, 6.07) is 7.51. The summed E-state index contributed by atoms with van der Waals surface area (Å²) in [6.45, 7) is 1.59. The first-order valence-electron chi connectivity index (χ1n) is 8.53. The van der Waals surface area contributed by atoms with Crippen molar-refractivity contribution < 1.29 is 14.1 Å². The van der Waals surface area contributed by atoms with Crippen molar-refractivity contribution in [2.24, 2.45) is 5.92 Å². The summed E-state index contributed by atoms with van der Waals surface area (Å²) in [5, 5.41) is 16.1. The molecule has 1 aromatic heterocycles. The fourth-order valence-electron chi connectivity index (χ4n) is 3.19. The number of carbonyl (C=O) groups is 1. The quantitative estimate of drug-likeness (QED) is 0.619. The standard InChI is InChI=1S/C18H20FN3O3S/c19-14-3-4-16(22(24)25)17(12-14)21-9-6-13(7-10-21)18(23)20-8-5-15-2-1-11-26-15/h1-4,11-13H,5-10H2,(H,20,23). The molecule has 3 rings (SSSR count). The Balaban J connectivity index is 1.53. The second-order valence-corrected chi connectivity index (χ2v) is 7.30. The minimum absolute atomic E-state index is 0.0231. The lowest BCUT2D eigenvalue weighted by atomic mass is 9.95. The number of rotatable bonds is 6. The number of halogens is 1. The van der Waals surface area contributed by atoms with Crippen LogP contribution < -0.4 is 10.2 Å². The number of amides is 1. The van der Waals surface area contributed by atoms with Crippen LogP contribution in [-0.2, 0) is 11.2 Å². The highest BCUT2D eigenvalue weighted by Gasteiger charge is 2.28. The first-order valence-corrected chi connectivity index (χ1v) is 9.41. The third kappa shape index (κ3) is 4.37. The molecule has 1 aromatic carbocycles. The van der Waals surface area contributed by atoms with Crippen LogP contribution in [0.25, 0.3) is 0 Å². The molecule has 0 atom stereocenters. The number of nitro groups is 1. The predicted molar refractivity (Wildman–Crippen MR) is 99.0 cm³/mol. The molecule has 26 heavy (non-hydrogen) atoms. The van der Waals surface area contributed by atoms with E-state index in [9.17, 15) is 19.3 Å². The van der Waals surface area contributed by atoms with E-state index in [0.29, 0.717) is 32.5 Å². The Hall–Kier alpha value is -2.48. The number of benzene rings is 1. The van der Waals surface area contributed by atoms with E-state index in [4.69, 9.17) is 0 Å². The normalized spacial score (nSPS) is 15.0. The topological polar surface area (TPSA) is 75.5 Å². The fourth-order valence-corrected chi connectivity index (χ4v) is 3.90. The lowest BCUT2D eigenvalue weighted by Gasteiger charge is -2.32. The zero-order chi connectivity index (χ0) is 18.5. The molecule has 0 unspecified atom stereocenters. The molecule has 1 amide bonds. The fraction of sp³-hybridized carbons (Fsp3) is 0.389.